The van der Waals surface area contributed by atoms with Gasteiger partial charge >= 0.3 is 0 Å². The van der Waals surface area contributed by atoms with Crippen molar-refractivity contribution in [3.63, 3.8) is 0 Å². The Bertz CT molecular complexity index is 1130. The number of benzene rings is 2. The van der Waals surface area contributed by atoms with Crippen LogP contribution in [0.4, 0.5) is 29.2 Å². The SMILES string of the molecule is COc1ccc([N+](=O)[O-])cc1/C=N/Nc1nc(Nc2ccccc2)nc(N2CCCCC2)n1. The minimum absolute atomic E-state index is 0.0563. The number of nitrogens with one attached hydrogen (secondary N) is 2. The molecule has 0 spiro atoms. The van der Waals surface area contributed by atoms with E-state index in [4.69, 9.17) is 4.74 Å². The lowest BCUT2D eigenvalue weighted by molar-refractivity contribution is -0.384. The number of hydrogen-bond acceptors (Lipinski definition) is 10. The molecule has 0 atom stereocenters. The number of hydrogen-bond donors (Lipinski definition) is 2. The van der Waals surface area contributed by atoms with E-state index < -0.39 is 4.92 Å². The number of para-hydroxylation sites is 1. The highest BCUT2D eigenvalue weighted by Gasteiger charge is 2.16. The maximum atomic E-state index is 11.1. The molecule has 2 aromatic carbocycles. The largest absolute Gasteiger partial charge is 0.496 e. The first-order chi connectivity index (χ1) is 16.1. The predicted octanol–water partition coefficient (Wildman–Crippen LogP) is 3.97. The molecule has 1 saturated heterocycles. The van der Waals surface area contributed by atoms with E-state index in [1.54, 1.807) is 0 Å². The molecule has 1 fully saturated rings. The molecule has 1 aliphatic heterocycles. The van der Waals surface area contributed by atoms with Crippen LogP contribution in [0, 0.1) is 10.1 Å². The van der Waals surface area contributed by atoms with Crippen molar-refractivity contribution in [3.05, 3.63) is 64.2 Å². The summed E-state index contributed by atoms with van der Waals surface area (Å²) in [6, 6.07) is 13.9. The first kappa shape index (κ1) is 21.9. The Kier molecular flexibility index (Phi) is 6.88. The van der Waals surface area contributed by atoms with Gasteiger partial charge in [-0.15, -0.1) is 0 Å². The molecular formula is C22H24N8O3. The van der Waals surface area contributed by atoms with Crippen molar-refractivity contribution in [1.82, 2.24) is 15.0 Å². The van der Waals surface area contributed by atoms with Crippen LogP contribution in [0.3, 0.4) is 0 Å². The van der Waals surface area contributed by atoms with E-state index in [1.807, 2.05) is 30.3 Å². The summed E-state index contributed by atoms with van der Waals surface area (Å²) < 4.78 is 5.27. The van der Waals surface area contributed by atoms with Crippen LogP contribution < -0.4 is 20.4 Å². The molecule has 170 valence electrons. The minimum Gasteiger partial charge on any atom is -0.496 e. The summed E-state index contributed by atoms with van der Waals surface area (Å²) in [5.74, 6) is 1.67. The Balaban J connectivity index is 1.59. The molecule has 0 aliphatic carbocycles. The van der Waals surface area contributed by atoms with Gasteiger partial charge in [-0.1, -0.05) is 18.2 Å². The fraction of sp³-hybridized carbons (Fsp3) is 0.273. The van der Waals surface area contributed by atoms with Crippen molar-refractivity contribution < 1.29 is 9.66 Å². The lowest BCUT2D eigenvalue weighted by Gasteiger charge is -2.26. The molecular weight excluding hydrogens is 424 g/mol. The van der Waals surface area contributed by atoms with Gasteiger partial charge in [0.05, 0.1) is 18.2 Å². The van der Waals surface area contributed by atoms with Crippen LogP contribution in [-0.4, -0.2) is 46.3 Å². The van der Waals surface area contributed by atoms with E-state index in [-0.39, 0.29) is 11.6 Å². The number of nitro benzene ring substituents is 1. The lowest BCUT2D eigenvalue weighted by Crippen LogP contribution is -2.31. The molecule has 0 amide bonds. The van der Waals surface area contributed by atoms with Gasteiger partial charge in [0, 0.05) is 36.5 Å². The van der Waals surface area contributed by atoms with Crippen molar-refractivity contribution in [2.75, 3.05) is 35.8 Å². The lowest BCUT2D eigenvalue weighted by atomic mass is 10.1. The molecule has 2 N–H and O–H groups in total. The third kappa shape index (κ3) is 5.70. The van der Waals surface area contributed by atoms with Crippen molar-refractivity contribution in [2.45, 2.75) is 19.3 Å². The normalized spacial score (nSPS) is 13.7. The van der Waals surface area contributed by atoms with Crippen molar-refractivity contribution in [3.8, 4) is 5.75 Å². The number of aromatic nitrogens is 3. The van der Waals surface area contributed by atoms with Gasteiger partial charge in [0.25, 0.3) is 5.69 Å². The molecule has 0 unspecified atom stereocenters. The third-order valence-corrected chi connectivity index (χ3v) is 5.08. The number of methoxy groups -OCH3 is 1. The van der Waals surface area contributed by atoms with Gasteiger partial charge in [0.1, 0.15) is 5.75 Å². The first-order valence-corrected chi connectivity index (χ1v) is 10.6. The van der Waals surface area contributed by atoms with Gasteiger partial charge in [-0.25, -0.2) is 5.43 Å². The van der Waals surface area contributed by atoms with Crippen LogP contribution in [0.25, 0.3) is 0 Å². The van der Waals surface area contributed by atoms with Gasteiger partial charge in [-0.2, -0.15) is 20.1 Å². The number of rotatable bonds is 8. The molecule has 11 nitrogen and oxygen atoms in total. The maximum Gasteiger partial charge on any atom is 0.270 e. The predicted molar refractivity (Wildman–Crippen MR) is 126 cm³/mol. The average Bonchev–Trinajstić information content (AvgIpc) is 2.85. The Morgan fingerprint density at radius 2 is 1.82 bits per heavy atom. The smallest absolute Gasteiger partial charge is 0.270 e. The monoisotopic (exact) mass is 448 g/mol. The zero-order chi connectivity index (χ0) is 23.0. The molecule has 33 heavy (non-hydrogen) atoms. The molecule has 0 saturated carbocycles. The van der Waals surface area contributed by atoms with Crippen molar-refractivity contribution in [2.24, 2.45) is 5.10 Å². The first-order valence-electron chi connectivity index (χ1n) is 10.6. The zero-order valence-corrected chi connectivity index (χ0v) is 18.1. The Hall–Kier alpha value is -4.28. The van der Waals surface area contributed by atoms with E-state index >= 15 is 0 Å². The molecule has 0 radical (unpaired) electrons. The number of nitro groups is 1. The van der Waals surface area contributed by atoms with E-state index in [0.29, 0.717) is 23.2 Å². The minimum atomic E-state index is -0.470. The standard InChI is InChI=1S/C22H24N8O3/c1-33-19-11-10-18(30(31)32)14-16(19)15-23-28-21-25-20(24-17-8-4-2-5-9-17)26-22(27-21)29-12-6-3-7-13-29/h2,4-5,8-11,14-15H,3,6-7,12-13H2,1H3,(H2,24,25,26,27,28)/b23-15+. The molecule has 1 aromatic heterocycles. The number of non-ortho nitro benzene ring substituents is 1. The van der Waals surface area contributed by atoms with Crippen LogP contribution in [0.2, 0.25) is 0 Å². The summed E-state index contributed by atoms with van der Waals surface area (Å²) in [5, 5.41) is 18.5. The summed E-state index contributed by atoms with van der Waals surface area (Å²) in [6.07, 6.45) is 4.79. The Morgan fingerprint density at radius 3 is 2.55 bits per heavy atom. The van der Waals surface area contributed by atoms with E-state index in [2.05, 4.69) is 35.7 Å². The third-order valence-electron chi connectivity index (χ3n) is 5.08. The fourth-order valence-electron chi connectivity index (χ4n) is 3.45. The molecule has 11 heteroatoms. The summed E-state index contributed by atoms with van der Waals surface area (Å²) >= 11 is 0. The van der Waals surface area contributed by atoms with Crippen LogP contribution in [0.5, 0.6) is 5.75 Å². The number of hydrazone groups is 1. The second-order valence-electron chi connectivity index (χ2n) is 7.37. The second kappa shape index (κ2) is 10.4. The van der Waals surface area contributed by atoms with E-state index in [9.17, 15) is 10.1 Å². The number of nitrogens with zero attached hydrogens (tertiary/aromatic N) is 6. The highest BCUT2D eigenvalue weighted by atomic mass is 16.6. The Morgan fingerprint density at radius 1 is 1.06 bits per heavy atom. The van der Waals surface area contributed by atoms with Crippen molar-refractivity contribution >= 4 is 35.4 Å². The summed E-state index contributed by atoms with van der Waals surface area (Å²) in [6.45, 7) is 1.75. The maximum absolute atomic E-state index is 11.1. The van der Waals surface area contributed by atoms with Gasteiger partial charge in [-0.05, 0) is 37.5 Å². The van der Waals surface area contributed by atoms with Gasteiger partial charge < -0.3 is 15.0 Å². The highest BCUT2D eigenvalue weighted by Crippen LogP contribution is 2.23. The van der Waals surface area contributed by atoms with Gasteiger partial charge in [-0.3, -0.25) is 10.1 Å². The quantitative estimate of drug-likeness (QED) is 0.298. The number of piperidine rings is 1. The summed E-state index contributed by atoms with van der Waals surface area (Å²) in [4.78, 5) is 26.3. The van der Waals surface area contributed by atoms with Gasteiger partial charge in [0.15, 0.2) is 0 Å². The van der Waals surface area contributed by atoms with Crippen molar-refractivity contribution in [1.29, 1.82) is 0 Å². The highest BCUT2D eigenvalue weighted by molar-refractivity contribution is 5.85. The van der Waals surface area contributed by atoms with E-state index in [0.717, 1.165) is 31.6 Å². The molecule has 2 heterocycles. The van der Waals surface area contributed by atoms with Crippen LogP contribution in [0.15, 0.2) is 53.6 Å². The van der Waals surface area contributed by atoms with Crippen LogP contribution in [0.1, 0.15) is 24.8 Å². The van der Waals surface area contributed by atoms with Crippen LogP contribution >= 0.6 is 0 Å². The molecule has 1 aliphatic rings. The van der Waals surface area contributed by atoms with E-state index in [1.165, 1.54) is 37.9 Å². The summed E-state index contributed by atoms with van der Waals surface area (Å²) in [5.41, 5.74) is 4.06. The zero-order valence-electron chi connectivity index (χ0n) is 18.1. The number of ether oxygens (including phenoxy) is 1. The Labute approximate surface area is 190 Å². The fourth-order valence-corrected chi connectivity index (χ4v) is 3.45. The topological polar surface area (TPSA) is 131 Å². The van der Waals surface area contributed by atoms with Gasteiger partial charge in [0.2, 0.25) is 17.8 Å². The molecule has 0 bridgehead atoms. The average molecular weight is 448 g/mol. The molecule has 3 aromatic rings. The second-order valence-corrected chi connectivity index (χ2v) is 7.37. The summed E-state index contributed by atoms with van der Waals surface area (Å²) in [7, 11) is 1.49. The van der Waals surface area contributed by atoms with Crippen LogP contribution in [-0.2, 0) is 0 Å². The molecule has 4 rings (SSSR count). The number of anilines is 4.